The highest BCUT2D eigenvalue weighted by molar-refractivity contribution is 6.36. The molecule has 0 saturated heterocycles. The molecule has 0 spiro atoms. The molecule has 0 aliphatic rings. The standard InChI is InChI=1S/C15H12Cl3NO/c1-9-5-6-10(16)7-14(9)19-15(20)8-11-12(17)3-2-4-13(11)18/h2-7H,8H2,1H3,(H,19,20). The summed E-state index contributed by atoms with van der Waals surface area (Å²) in [6.45, 7) is 1.90. The molecule has 1 amide bonds. The first-order valence-electron chi connectivity index (χ1n) is 5.96. The summed E-state index contributed by atoms with van der Waals surface area (Å²) in [6.07, 6.45) is 0.116. The lowest BCUT2D eigenvalue weighted by Gasteiger charge is -2.10. The number of carbonyl (C=O) groups is 1. The maximum Gasteiger partial charge on any atom is 0.228 e. The molecular weight excluding hydrogens is 317 g/mol. The Balaban J connectivity index is 2.15. The van der Waals surface area contributed by atoms with Crippen LogP contribution in [-0.2, 0) is 11.2 Å². The molecule has 0 atom stereocenters. The normalized spacial score (nSPS) is 10.4. The van der Waals surface area contributed by atoms with Crippen LogP contribution in [0.4, 0.5) is 5.69 Å². The second-order valence-corrected chi connectivity index (χ2v) is 5.64. The molecule has 0 heterocycles. The number of carbonyl (C=O) groups excluding carboxylic acids is 1. The van der Waals surface area contributed by atoms with Crippen molar-refractivity contribution >= 4 is 46.4 Å². The first-order chi connectivity index (χ1) is 9.47. The van der Waals surface area contributed by atoms with Crippen molar-refractivity contribution in [2.24, 2.45) is 0 Å². The van der Waals surface area contributed by atoms with E-state index in [1.165, 1.54) is 0 Å². The van der Waals surface area contributed by atoms with Crippen LogP contribution >= 0.6 is 34.8 Å². The van der Waals surface area contributed by atoms with Gasteiger partial charge in [-0.05, 0) is 42.3 Å². The Morgan fingerprint density at radius 3 is 2.40 bits per heavy atom. The summed E-state index contributed by atoms with van der Waals surface area (Å²) in [7, 11) is 0. The van der Waals surface area contributed by atoms with Crippen LogP contribution in [0.15, 0.2) is 36.4 Å². The number of anilines is 1. The lowest BCUT2D eigenvalue weighted by atomic mass is 10.1. The van der Waals surface area contributed by atoms with Crippen LogP contribution in [0.2, 0.25) is 15.1 Å². The summed E-state index contributed by atoms with van der Waals surface area (Å²) in [5.74, 6) is -0.189. The summed E-state index contributed by atoms with van der Waals surface area (Å²) in [5, 5.41) is 4.35. The van der Waals surface area contributed by atoms with Gasteiger partial charge in [-0.15, -0.1) is 0 Å². The molecule has 2 nitrogen and oxygen atoms in total. The van der Waals surface area contributed by atoms with E-state index in [-0.39, 0.29) is 12.3 Å². The molecule has 0 fully saturated rings. The van der Waals surface area contributed by atoms with Crippen LogP contribution in [0.5, 0.6) is 0 Å². The van der Waals surface area contributed by atoms with Crippen molar-refractivity contribution in [1.82, 2.24) is 0 Å². The number of amides is 1. The molecule has 0 aliphatic heterocycles. The van der Waals surface area contributed by atoms with Crippen molar-refractivity contribution < 1.29 is 4.79 Å². The number of hydrogen-bond acceptors (Lipinski definition) is 1. The summed E-state index contributed by atoms with van der Waals surface area (Å²) in [4.78, 5) is 12.1. The Morgan fingerprint density at radius 1 is 1.10 bits per heavy atom. The average Bonchev–Trinajstić information content (AvgIpc) is 2.38. The zero-order valence-corrected chi connectivity index (χ0v) is 13.0. The monoisotopic (exact) mass is 327 g/mol. The van der Waals surface area contributed by atoms with Gasteiger partial charge in [0.25, 0.3) is 0 Å². The first kappa shape index (κ1) is 15.2. The summed E-state index contributed by atoms with van der Waals surface area (Å²) < 4.78 is 0. The number of halogens is 3. The lowest BCUT2D eigenvalue weighted by molar-refractivity contribution is -0.115. The Hall–Kier alpha value is -1.22. The molecule has 0 aliphatic carbocycles. The van der Waals surface area contributed by atoms with Gasteiger partial charge in [0.15, 0.2) is 0 Å². The highest BCUT2D eigenvalue weighted by atomic mass is 35.5. The molecule has 2 rings (SSSR count). The maximum absolute atomic E-state index is 12.1. The topological polar surface area (TPSA) is 29.1 Å². The van der Waals surface area contributed by atoms with E-state index in [0.717, 1.165) is 5.56 Å². The van der Waals surface area contributed by atoms with Crippen molar-refractivity contribution in [3.8, 4) is 0 Å². The fourth-order valence-corrected chi connectivity index (χ4v) is 2.49. The van der Waals surface area contributed by atoms with E-state index < -0.39 is 0 Å². The van der Waals surface area contributed by atoms with Crippen LogP contribution in [0.1, 0.15) is 11.1 Å². The largest absolute Gasteiger partial charge is 0.326 e. The number of benzene rings is 2. The second kappa shape index (κ2) is 6.49. The van der Waals surface area contributed by atoms with Gasteiger partial charge < -0.3 is 5.32 Å². The predicted molar refractivity (Wildman–Crippen MR) is 85.0 cm³/mol. The molecular formula is C15H12Cl3NO. The van der Waals surface area contributed by atoms with Gasteiger partial charge in [-0.1, -0.05) is 46.9 Å². The van der Waals surface area contributed by atoms with Gasteiger partial charge in [0, 0.05) is 20.8 Å². The maximum atomic E-state index is 12.1. The highest BCUT2D eigenvalue weighted by Gasteiger charge is 2.12. The van der Waals surface area contributed by atoms with Gasteiger partial charge >= 0.3 is 0 Å². The molecule has 0 radical (unpaired) electrons. The van der Waals surface area contributed by atoms with E-state index in [1.807, 2.05) is 13.0 Å². The lowest BCUT2D eigenvalue weighted by Crippen LogP contribution is -2.15. The Kier molecular flexibility index (Phi) is 4.92. The van der Waals surface area contributed by atoms with Crippen LogP contribution in [-0.4, -0.2) is 5.91 Å². The fraction of sp³-hybridized carbons (Fsp3) is 0.133. The van der Waals surface area contributed by atoms with Gasteiger partial charge in [0.2, 0.25) is 5.91 Å². The molecule has 0 unspecified atom stereocenters. The molecule has 0 aromatic heterocycles. The number of nitrogens with one attached hydrogen (secondary N) is 1. The van der Waals surface area contributed by atoms with E-state index in [4.69, 9.17) is 34.8 Å². The van der Waals surface area contributed by atoms with Crippen LogP contribution in [0.25, 0.3) is 0 Å². The number of aryl methyl sites for hydroxylation is 1. The average molecular weight is 329 g/mol. The fourth-order valence-electron chi connectivity index (χ4n) is 1.79. The Morgan fingerprint density at radius 2 is 1.75 bits per heavy atom. The number of rotatable bonds is 3. The van der Waals surface area contributed by atoms with Gasteiger partial charge in [-0.2, -0.15) is 0 Å². The van der Waals surface area contributed by atoms with Crippen molar-refractivity contribution in [2.75, 3.05) is 5.32 Å². The summed E-state index contributed by atoms with van der Waals surface area (Å²) in [6, 6.07) is 10.5. The zero-order valence-electron chi connectivity index (χ0n) is 10.7. The van der Waals surface area contributed by atoms with Crippen LogP contribution in [0.3, 0.4) is 0 Å². The van der Waals surface area contributed by atoms with Crippen molar-refractivity contribution in [3.05, 3.63) is 62.6 Å². The molecule has 2 aromatic carbocycles. The minimum absolute atomic E-state index is 0.116. The van der Waals surface area contributed by atoms with Crippen molar-refractivity contribution in [3.63, 3.8) is 0 Å². The smallest absolute Gasteiger partial charge is 0.228 e. The third kappa shape index (κ3) is 3.66. The predicted octanol–water partition coefficient (Wildman–Crippen LogP) is 5.14. The molecule has 104 valence electrons. The van der Waals surface area contributed by atoms with E-state index in [0.29, 0.717) is 26.3 Å². The number of hydrogen-bond donors (Lipinski definition) is 1. The minimum atomic E-state index is -0.189. The van der Waals surface area contributed by atoms with Crippen molar-refractivity contribution in [2.45, 2.75) is 13.3 Å². The molecule has 0 saturated carbocycles. The Bertz CT molecular complexity index is 635. The molecule has 1 N–H and O–H groups in total. The first-order valence-corrected chi connectivity index (χ1v) is 7.09. The molecule has 0 bridgehead atoms. The third-order valence-electron chi connectivity index (χ3n) is 2.87. The Labute approximate surface area is 132 Å². The van der Waals surface area contributed by atoms with E-state index in [2.05, 4.69) is 5.32 Å². The third-order valence-corrected chi connectivity index (χ3v) is 3.82. The van der Waals surface area contributed by atoms with Crippen LogP contribution in [0, 0.1) is 6.92 Å². The molecule has 2 aromatic rings. The van der Waals surface area contributed by atoms with E-state index >= 15 is 0 Å². The van der Waals surface area contributed by atoms with Crippen molar-refractivity contribution in [1.29, 1.82) is 0 Å². The van der Waals surface area contributed by atoms with Gasteiger partial charge in [-0.3, -0.25) is 4.79 Å². The highest BCUT2D eigenvalue weighted by Crippen LogP contribution is 2.26. The van der Waals surface area contributed by atoms with E-state index in [1.54, 1.807) is 30.3 Å². The van der Waals surface area contributed by atoms with Crippen LogP contribution < -0.4 is 5.32 Å². The second-order valence-electron chi connectivity index (χ2n) is 4.38. The minimum Gasteiger partial charge on any atom is -0.326 e. The zero-order chi connectivity index (χ0) is 14.7. The quantitative estimate of drug-likeness (QED) is 0.830. The molecule has 5 heteroatoms. The van der Waals surface area contributed by atoms with Gasteiger partial charge in [-0.25, -0.2) is 0 Å². The van der Waals surface area contributed by atoms with E-state index in [9.17, 15) is 4.79 Å². The summed E-state index contributed by atoms with van der Waals surface area (Å²) in [5.41, 5.74) is 2.24. The SMILES string of the molecule is Cc1ccc(Cl)cc1NC(=O)Cc1c(Cl)cccc1Cl. The van der Waals surface area contributed by atoms with Gasteiger partial charge in [0.05, 0.1) is 6.42 Å². The summed E-state index contributed by atoms with van der Waals surface area (Å²) >= 11 is 18.0. The van der Waals surface area contributed by atoms with Gasteiger partial charge in [0.1, 0.15) is 0 Å². The molecule has 20 heavy (non-hydrogen) atoms.